The smallest absolute Gasteiger partial charge is 0.258 e. The van der Waals surface area contributed by atoms with Crippen LogP contribution in [0.2, 0.25) is 0 Å². The SMILES string of the molecule is COCCn1cc(C(=O)NCCCc2nnc3ccccn23)c2ccccc2c1=O. The first kappa shape index (κ1) is 19.8. The Kier molecular flexibility index (Phi) is 5.85. The number of benzene rings is 1. The number of aryl methyl sites for hydroxylation is 1. The summed E-state index contributed by atoms with van der Waals surface area (Å²) < 4.78 is 8.56. The van der Waals surface area contributed by atoms with Crippen molar-refractivity contribution in [3.63, 3.8) is 0 Å². The van der Waals surface area contributed by atoms with Crippen LogP contribution < -0.4 is 10.9 Å². The number of aromatic nitrogens is 4. The first-order chi connectivity index (χ1) is 14.7. The molecule has 0 spiro atoms. The normalized spacial score (nSPS) is 11.2. The van der Waals surface area contributed by atoms with Crippen LogP contribution in [-0.4, -0.2) is 45.3 Å². The average Bonchev–Trinajstić information content (AvgIpc) is 3.19. The monoisotopic (exact) mass is 405 g/mol. The van der Waals surface area contributed by atoms with E-state index < -0.39 is 0 Å². The molecule has 8 nitrogen and oxygen atoms in total. The molecule has 0 aliphatic rings. The molecule has 30 heavy (non-hydrogen) atoms. The summed E-state index contributed by atoms with van der Waals surface area (Å²) in [4.78, 5) is 25.5. The van der Waals surface area contributed by atoms with Gasteiger partial charge in [-0.3, -0.25) is 14.0 Å². The topological polar surface area (TPSA) is 90.5 Å². The molecule has 0 bridgehead atoms. The van der Waals surface area contributed by atoms with Crippen LogP contribution >= 0.6 is 0 Å². The third kappa shape index (κ3) is 3.95. The number of nitrogens with one attached hydrogen (secondary N) is 1. The summed E-state index contributed by atoms with van der Waals surface area (Å²) in [6.07, 6.45) is 4.96. The zero-order chi connectivity index (χ0) is 20.9. The summed E-state index contributed by atoms with van der Waals surface area (Å²) in [6.45, 7) is 1.28. The van der Waals surface area contributed by atoms with Crippen molar-refractivity contribution in [2.24, 2.45) is 0 Å². The Bertz CT molecular complexity index is 1240. The summed E-state index contributed by atoms with van der Waals surface area (Å²) in [7, 11) is 1.58. The summed E-state index contributed by atoms with van der Waals surface area (Å²) in [5.41, 5.74) is 1.16. The van der Waals surface area contributed by atoms with Crippen LogP contribution in [0.4, 0.5) is 0 Å². The van der Waals surface area contributed by atoms with Crippen LogP contribution in [0.15, 0.2) is 59.7 Å². The molecule has 0 aliphatic heterocycles. The molecule has 8 heteroatoms. The van der Waals surface area contributed by atoms with Gasteiger partial charge in [0.2, 0.25) is 0 Å². The van der Waals surface area contributed by atoms with Crippen LogP contribution in [0, 0.1) is 0 Å². The lowest BCUT2D eigenvalue weighted by Crippen LogP contribution is -2.29. The molecule has 1 N–H and O–H groups in total. The van der Waals surface area contributed by atoms with E-state index in [2.05, 4.69) is 15.5 Å². The molecule has 3 aromatic heterocycles. The molecule has 1 aromatic carbocycles. The minimum absolute atomic E-state index is 0.127. The fourth-order valence-electron chi connectivity index (χ4n) is 3.48. The molecule has 4 rings (SSSR count). The number of pyridine rings is 2. The fourth-order valence-corrected chi connectivity index (χ4v) is 3.48. The Morgan fingerprint density at radius 2 is 1.90 bits per heavy atom. The number of carbonyl (C=O) groups excluding carboxylic acids is 1. The number of nitrogens with zero attached hydrogens (tertiary/aromatic N) is 4. The Morgan fingerprint density at radius 3 is 2.73 bits per heavy atom. The number of methoxy groups -OCH3 is 1. The second-order valence-corrected chi connectivity index (χ2v) is 6.98. The zero-order valence-corrected chi connectivity index (χ0v) is 16.7. The number of hydrogen-bond acceptors (Lipinski definition) is 5. The lowest BCUT2D eigenvalue weighted by molar-refractivity contribution is 0.0953. The van der Waals surface area contributed by atoms with Crippen molar-refractivity contribution in [2.75, 3.05) is 20.3 Å². The molecule has 0 atom stereocenters. The highest BCUT2D eigenvalue weighted by molar-refractivity contribution is 6.06. The first-order valence-corrected chi connectivity index (χ1v) is 9.87. The first-order valence-electron chi connectivity index (χ1n) is 9.87. The largest absolute Gasteiger partial charge is 0.383 e. The summed E-state index contributed by atoms with van der Waals surface area (Å²) in [5.74, 6) is 0.655. The van der Waals surface area contributed by atoms with E-state index in [1.807, 2.05) is 34.9 Å². The van der Waals surface area contributed by atoms with Crippen molar-refractivity contribution in [1.82, 2.24) is 24.5 Å². The second kappa shape index (κ2) is 8.87. The van der Waals surface area contributed by atoms with E-state index in [1.165, 1.54) is 4.57 Å². The Balaban J connectivity index is 1.47. The highest BCUT2D eigenvalue weighted by atomic mass is 16.5. The number of fused-ring (bicyclic) bond motifs is 2. The van der Waals surface area contributed by atoms with Gasteiger partial charge in [-0.2, -0.15) is 0 Å². The van der Waals surface area contributed by atoms with E-state index in [-0.39, 0.29) is 11.5 Å². The van der Waals surface area contributed by atoms with Gasteiger partial charge >= 0.3 is 0 Å². The molecule has 0 unspecified atom stereocenters. The number of hydrogen-bond donors (Lipinski definition) is 1. The van der Waals surface area contributed by atoms with Crippen LogP contribution in [0.3, 0.4) is 0 Å². The zero-order valence-electron chi connectivity index (χ0n) is 16.7. The highest BCUT2D eigenvalue weighted by Gasteiger charge is 2.14. The molecule has 0 aliphatic carbocycles. The van der Waals surface area contributed by atoms with Gasteiger partial charge in [0.15, 0.2) is 5.65 Å². The summed E-state index contributed by atoms with van der Waals surface area (Å²) in [5, 5.41) is 12.5. The van der Waals surface area contributed by atoms with Gasteiger partial charge in [0, 0.05) is 49.8 Å². The van der Waals surface area contributed by atoms with E-state index in [4.69, 9.17) is 4.74 Å². The lowest BCUT2D eigenvalue weighted by Gasteiger charge is -2.12. The van der Waals surface area contributed by atoms with Crippen LogP contribution in [-0.2, 0) is 17.7 Å². The van der Waals surface area contributed by atoms with Crippen molar-refractivity contribution in [3.8, 4) is 0 Å². The number of carbonyl (C=O) groups is 1. The van der Waals surface area contributed by atoms with E-state index in [1.54, 1.807) is 31.5 Å². The molecule has 4 aromatic rings. The summed E-state index contributed by atoms with van der Waals surface area (Å²) in [6, 6.07) is 12.9. The standard InChI is InChI=1S/C22H23N5O3/c1-30-14-13-26-15-18(16-7-2-3-8-17(16)22(26)29)21(28)23-11-6-10-20-25-24-19-9-4-5-12-27(19)20/h2-5,7-9,12,15H,6,10-11,13-14H2,1H3,(H,23,28). The summed E-state index contributed by atoms with van der Waals surface area (Å²) >= 11 is 0. The van der Waals surface area contributed by atoms with Crippen molar-refractivity contribution >= 4 is 22.3 Å². The second-order valence-electron chi connectivity index (χ2n) is 6.98. The third-order valence-corrected chi connectivity index (χ3v) is 5.02. The fraction of sp³-hybridized carbons (Fsp3) is 0.273. The van der Waals surface area contributed by atoms with E-state index in [0.717, 1.165) is 17.9 Å². The Hall–Kier alpha value is -3.52. The molecular weight excluding hydrogens is 382 g/mol. The van der Waals surface area contributed by atoms with Gasteiger partial charge in [0.25, 0.3) is 11.5 Å². The molecule has 1 amide bonds. The molecule has 0 radical (unpaired) electrons. The Morgan fingerprint density at radius 1 is 1.10 bits per heavy atom. The van der Waals surface area contributed by atoms with Crippen LogP contribution in [0.5, 0.6) is 0 Å². The maximum absolute atomic E-state index is 12.9. The van der Waals surface area contributed by atoms with Gasteiger partial charge in [0.1, 0.15) is 5.82 Å². The van der Waals surface area contributed by atoms with Gasteiger partial charge in [-0.15, -0.1) is 10.2 Å². The van der Waals surface area contributed by atoms with Gasteiger partial charge < -0.3 is 14.6 Å². The van der Waals surface area contributed by atoms with Crippen molar-refractivity contribution in [1.29, 1.82) is 0 Å². The molecule has 154 valence electrons. The lowest BCUT2D eigenvalue weighted by atomic mass is 10.1. The minimum atomic E-state index is -0.205. The van der Waals surface area contributed by atoms with E-state index in [0.29, 0.717) is 42.5 Å². The molecule has 0 fully saturated rings. The number of ether oxygens (including phenoxy) is 1. The Labute approximate surface area is 173 Å². The third-order valence-electron chi connectivity index (χ3n) is 5.02. The van der Waals surface area contributed by atoms with Crippen molar-refractivity contribution in [3.05, 3.63) is 76.6 Å². The van der Waals surface area contributed by atoms with Crippen LogP contribution in [0.1, 0.15) is 22.6 Å². The van der Waals surface area contributed by atoms with E-state index >= 15 is 0 Å². The number of rotatable bonds is 8. The van der Waals surface area contributed by atoms with Crippen molar-refractivity contribution in [2.45, 2.75) is 19.4 Å². The highest BCUT2D eigenvalue weighted by Crippen LogP contribution is 2.15. The molecule has 3 heterocycles. The van der Waals surface area contributed by atoms with Gasteiger partial charge in [-0.1, -0.05) is 24.3 Å². The van der Waals surface area contributed by atoms with Crippen LogP contribution in [0.25, 0.3) is 16.4 Å². The minimum Gasteiger partial charge on any atom is -0.383 e. The molecule has 0 saturated carbocycles. The maximum Gasteiger partial charge on any atom is 0.258 e. The van der Waals surface area contributed by atoms with Gasteiger partial charge in [0.05, 0.1) is 12.2 Å². The quantitative estimate of drug-likeness (QED) is 0.453. The molecule has 0 saturated heterocycles. The van der Waals surface area contributed by atoms with E-state index in [9.17, 15) is 9.59 Å². The number of amides is 1. The average molecular weight is 405 g/mol. The van der Waals surface area contributed by atoms with Gasteiger partial charge in [-0.05, 0) is 24.6 Å². The molecular formula is C22H23N5O3. The maximum atomic E-state index is 12.9. The van der Waals surface area contributed by atoms with Gasteiger partial charge in [-0.25, -0.2) is 0 Å². The van der Waals surface area contributed by atoms with Crippen molar-refractivity contribution < 1.29 is 9.53 Å². The predicted molar refractivity (Wildman–Crippen MR) is 114 cm³/mol. The predicted octanol–water partition coefficient (Wildman–Crippen LogP) is 2.05.